The summed E-state index contributed by atoms with van der Waals surface area (Å²) in [7, 11) is 0. The van der Waals surface area contributed by atoms with Crippen molar-refractivity contribution in [3.63, 3.8) is 0 Å². The van der Waals surface area contributed by atoms with Crippen LogP contribution in [0.2, 0.25) is 0 Å². The van der Waals surface area contributed by atoms with Crippen molar-refractivity contribution < 1.29 is 5.11 Å². The molecule has 0 spiro atoms. The zero-order valence-electron chi connectivity index (χ0n) is 10.9. The molecule has 2 rings (SSSR count). The molecule has 4 heteroatoms. The number of aliphatic hydroxyl groups excluding tert-OH is 1. The van der Waals surface area contributed by atoms with Crippen LogP contribution in [0.5, 0.6) is 0 Å². The summed E-state index contributed by atoms with van der Waals surface area (Å²) in [6.45, 7) is 2.19. The molecule has 0 saturated heterocycles. The van der Waals surface area contributed by atoms with Crippen LogP contribution in [-0.4, -0.2) is 27.3 Å². The molecule has 2 aliphatic carbocycles. The first-order chi connectivity index (χ1) is 8.49. The van der Waals surface area contributed by atoms with E-state index in [1.807, 2.05) is 0 Å². The van der Waals surface area contributed by atoms with E-state index in [2.05, 4.69) is 6.92 Å². The van der Waals surface area contributed by atoms with Crippen molar-refractivity contribution in [2.24, 2.45) is 17.8 Å². The van der Waals surface area contributed by atoms with E-state index < -0.39 is 0 Å². The van der Waals surface area contributed by atoms with Gasteiger partial charge < -0.3 is 5.11 Å². The van der Waals surface area contributed by atoms with Gasteiger partial charge in [-0.25, -0.2) is 0 Å². The Bertz CT molecular complexity index is 254. The average Bonchev–Trinajstić information content (AvgIpc) is 2.28. The van der Waals surface area contributed by atoms with Gasteiger partial charge in [0.25, 0.3) is 0 Å². The molecule has 18 heavy (non-hydrogen) atoms. The maximum atomic E-state index is 10.6. The standard InChI is InChI=1S/C14H23Cl3O/c1-8-6-11(16)13(12(17)7-8)14(18)9-2-4-10(15)5-3-9/h8-14,18H,2-7H2,1H3. The third-order valence-electron chi connectivity index (χ3n) is 4.67. The van der Waals surface area contributed by atoms with Gasteiger partial charge in [-0.3, -0.25) is 0 Å². The molecule has 0 aromatic heterocycles. The first kappa shape index (κ1) is 15.2. The Hall–Kier alpha value is 0.830. The van der Waals surface area contributed by atoms with E-state index >= 15 is 0 Å². The Morgan fingerprint density at radius 1 is 0.944 bits per heavy atom. The molecule has 3 atom stereocenters. The predicted octanol–water partition coefficient (Wildman–Crippen LogP) is 4.41. The van der Waals surface area contributed by atoms with E-state index in [4.69, 9.17) is 34.8 Å². The fourth-order valence-corrected chi connectivity index (χ4v) is 5.15. The summed E-state index contributed by atoms with van der Waals surface area (Å²) in [5, 5.41) is 10.9. The van der Waals surface area contributed by atoms with E-state index in [1.54, 1.807) is 0 Å². The van der Waals surface area contributed by atoms with Crippen LogP contribution in [0.4, 0.5) is 0 Å². The van der Waals surface area contributed by atoms with Gasteiger partial charge in [0, 0.05) is 22.0 Å². The van der Waals surface area contributed by atoms with Crippen LogP contribution in [0.15, 0.2) is 0 Å². The van der Waals surface area contributed by atoms with Crippen LogP contribution in [0.25, 0.3) is 0 Å². The van der Waals surface area contributed by atoms with Crippen LogP contribution in [0, 0.1) is 17.8 Å². The van der Waals surface area contributed by atoms with Gasteiger partial charge in [0.05, 0.1) is 6.10 Å². The summed E-state index contributed by atoms with van der Waals surface area (Å²) in [5.74, 6) is 0.944. The Morgan fingerprint density at radius 3 is 1.94 bits per heavy atom. The topological polar surface area (TPSA) is 20.2 Å². The van der Waals surface area contributed by atoms with Crippen LogP contribution in [0.1, 0.15) is 45.4 Å². The average molecular weight is 314 g/mol. The van der Waals surface area contributed by atoms with Gasteiger partial charge in [0.2, 0.25) is 0 Å². The van der Waals surface area contributed by atoms with Crippen molar-refractivity contribution in [2.45, 2.75) is 67.7 Å². The molecule has 0 aromatic carbocycles. The smallest absolute Gasteiger partial charge is 0.0624 e. The molecule has 0 aliphatic heterocycles. The molecule has 1 N–H and O–H groups in total. The first-order valence-corrected chi connectivity index (χ1v) is 8.40. The lowest BCUT2D eigenvalue weighted by Crippen LogP contribution is -2.45. The maximum absolute atomic E-state index is 10.6. The molecule has 3 unspecified atom stereocenters. The van der Waals surface area contributed by atoms with E-state index in [-0.39, 0.29) is 22.8 Å². The van der Waals surface area contributed by atoms with Crippen LogP contribution >= 0.6 is 34.8 Å². The minimum atomic E-state index is -0.355. The van der Waals surface area contributed by atoms with Gasteiger partial charge in [-0.1, -0.05) is 6.92 Å². The summed E-state index contributed by atoms with van der Waals surface area (Å²) in [4.78, 5) is 0. The Balaban J connectivity index is 1.96. The molecule has 2 aliphatic rings. The van der Waals surface area contributed by atoms with Gasteiger partial charge in [0.15, 0.2) is 0 Å². The quantitative estimate of drug-likeness (QED) is 0.749. The second-order valence-corrected chi connectivity index (χ2v) is 7.93. The molecular formula is C14H23Cl3O. The predicted molar refractivity (Wildman–Crippen MR) is 78.8 cm³/mol. The van der Waals surface area contributed by atoms with Crippen molar-refractivity contribution in [3.8, 4) is 0 Å². The molecule has 2 saturated carbocycles. The lowest BCUT2D eigenvalue weighted by Gasteiger charge is -2.41. The lowest BCUT2D eigenvalue weighted by atomic mass is 9.73. The van der Waals surface area contributed by atoms with Gasteiger partial charge in [0.1, 0.15) is 0 Å². The molecule has 106 valence electrons. The first-order valence-electron chi connectivity index (χ1n) is 7.09. The van der Waals surface area contributed by atoms with E-state index in [0.29, 0.717) is 17.2 Å². The third-order valence-corrected chi connectivity index (χ3v) is 6.04. The summed E-state index contributed by atoms with van der Waals surface area (Å²) in [6, 6.07) is 0. The molecule has 0 amide bonds. The Morgan fingerprint density at radius 2 is 1.44 bits per heavy atom. The number of aliphatic hydroxyl groups is 1. The van der Waals surface area contributed by atoms with E-state index in [0.717, 1.165) is 38.5 Å². The van der Waals surface area contributed by atoms with Crippen molar-refractivity contribution >= 4 is 34.8 Å². The minimum Gasteiger partial charge on any atom is -0.392 e. The Kier molecular flexibility index (Phi) is 5.51. The second-order valence-electron chi connectivity index (χ2n) is 6.19. The number of alkyl halides is 3. The number of halogens is 3. The van der Waals surface area contributed by atoms with Gasteiger partial charge in [-0.2, -0.15) is 0 Å². The summed E-state index contributed by atoms with van der Waals surface area (Å²) >= 11 is 19.0. The van der Waals surface area contributed by atoms with Gasteiger partial charge in [-0.15, -0.1) is 34.8 Å². The monoisotopic (exact) mass is 312 g/mol. The van der Waals surface area contributed by atoms with Gasteiger partial charge in [-0.05, 0) is 50.4 Å². The Labute approximate surface area is 125 Å². The molecule has 2 fully saturated rings. The maximum Gasteiger partial charge on any atom is 0.0624 e. The number of hydrogen-bond donors (Lipinski definition) is 1. The largest absolute Gasteiger partial charge is 0.392 e. The molecule has 0 bridgehead atoms. The van der Waals surface area contributed by atoms with Crippen LogP contribution < -0.4 is 0 Å². The minimum absolute atomic E-state index is 0.0139. The molecule has 0 aromatic rings. The number of rotatable bonds is 2. The van der Waals surface area contributed by atoms with Crippen LogP contribution in [-0.2, 0) is 0 Å². The second kappa shape index (κ2) is 6.52. The SMILES string of the molecule is CC1CC(Cl)C(C(O)C2CCC(Cl)CC2)C(Cl)C1. The third kappa shape index (κ3) is 3.48. The molecule has 1 nitrogen and oxygen atoms in total. The number of hydrogen-bond acceptors (Lipinski definition) is 1. The highest BCUT2D eigenvalue weighted by Crippen LogP contribution is 2.42. The summed E-state index contributed by atoms with van der Waals surface area (Å²) in [6.07, 6.45) is 5.61. The lowest BCUT2D eigenvalue weighted by molar-refractivity contribution is 0.0179. The zero-order chi connectivity index (χ0) is 13.3. The molecule has 0 radical (unpaired) electrons. The highest BCUT2D eigenvalue weighted by Gasteiger charge is 2.42. The van der Waals surface area contributed by atoms with Crippen molar-refractivity contribution in [1.82, 2.24) is 0 Å². The fourth-order valence-electron chi connectivity index (χ4n) is 3.57. The van der Waals surface area contributed by atoms with Crippen LogP contribution in [0.3, 0.4) is 0 Å². The fraction of sp³-hybridized carbons (Fsp3) is 1.00. The normalized spacial score (nSPS) is 47.8. The summed E-state index contributed by atoms with van der Waals surface area (Å²) in [5.41, 5.74) is 0. The zero-order valence-corrected chi connectivity index (χ0v) is 13.1. The highest BCUT2D eigenvalue weighted by molar-refractivity contribution is 6.24. The molecule has 0 heterocycles. The van der Waals surface area contributed by atoms with E-state index in [1.165, 1.54) is 0 Å². The molecular weight excluding hydrogens is 291 g/mol. The highest BCUT2D eigenvalue weighted by atomic mass is 35.5. The van der Waals surface area contributed by atoms with Crippen molar-refractivity contribution in [1.29, 1.82) is 0 Å². The van der Waals surface area contributed by atoms with Crippen molar-refractivity contribution in [2.75, 3.05) is 0 Å². The van der Waals surface area contributed by atoms with Gasteiger partial charge >= 0.3 is 0 Å². The van der Waals surface area contributed by atoms with Crippen molar-refractivity contribution in [3.05, 3.63) is 0 Å². The summed E-state index contributed by atoms with van der Waals surface area (Å²) < 4.78 is 0. The van der Waals surface area contributed by atoms with E-state index in [9.17, 15) is 5.11 Å².